The standard InChI is InChI=1S/C24H20F2N4O2/c25-19-9-6-17(7-10-19)14-28-23(31)18-8-11-22(27-15-18)29-12-3-13-30(16-29)24(32)20-4-1-2-5-21(20)26/h1-12,15H,13-14,16H2,(H,28,31). The predicted molar refractivity (Wildman–Crippen MR) is 116 cm³/mol. The lowest BCUT2D eigenvalue weighted by molar-refractivity contribution is 0.0766. The Morgan fingerprint density at radius 3 is 2.50 bits per heavy atom. The lowest BCUT2D eigenvalue weighted by Crippen LogP contribution is -2.43. The Morgan fingerprint density at radius 1 is 1.00 bits per heavy atom. The monoisotopic (exact) mass is 434 g/mol. The molecule has 2 heterocycles. The van der Waals surface area contributed by atoms with Crippen molar-refractivity contribution in [1.29, 1.82) is 0 Å². The summed E-state index contributed by atoms with van der Waals surface area (Å²) in [7, 11) is 0. The van der Waals surface area contributed by atoms with Crippen molar-refractivity contribution in [1.82, 2.24) is 15.2 Å². The molecule has 8 heteroatoms. The van der Waals surface area contributed by atoms with Crippen LogP contribution in [0, 0.1) is 11.6 Å². The van der Waals surface area contributed by atoms with Gasteiger partial charge in [0, 0.05) is 25.5 Å². The number of nitrogens with one attached hydrogen (secondary N) is 1. The number of hydrogen-bond acceptors (Lipinski definition) is 4. The molecule has 4 rings (SSSR count). The molecule has 0 radical (unpaired) electrons. The fourth-order valence-electron chi connectivity index (χ4n) is 3.27. The van der Waals surface area contributed by atoms with E-state index in [0.29, 0.717) is 17.9 Å². The molecule has 0 fully saturated rings. The smallest absolute Gasteiger partial charge is 0.258 e. The van der Waals surface area contributed by atoms with Crippen molar-refractivity contribution in [3.05, 3.63) is 107 Å². The minimum Gasteiger partial charge on any atom is -0.348 e. The van der Waals surface area contributed by atoms with Gasteiger partial charge in [-0.1, -0.05) is 24.3 Å². The van der Waals surface area contributed by atoms with Crippen molar-refractivity contribution in [3.63, 3.8) is 0 Å². The van der Waals surface area contributed by atoms with Crippen LogP contribution in [0.4, 0.5) is 14.6 Å². The minimum atomic E-state index is -0.562. The van der Waals surface area contributed by atoms with E-state index in [9.17, 15) is 18.4 Å². The summed E-state index contributed by atoms with van der Waals surface area (Å²) >= 11 is 0. The fraction of sp³-hybridized carbons (Fsp3) is 0.125. The van der Waals surface area contributed by atoms with Crippen LogP contribution >= 0.6 is 0 Å². The number of rotatable bonds is 5. The Labute approximate surface area is 183 Å². The first-order valence-corrected chi connectivity index (χ1v) is 9.97. The Kier molecular flexibility index (Phi) is 6.21. The summed E-state index contributed by atoms with van der Waals surface area (Å²) in [5, 5.41) is 2.76. The summed E-state index contributed by atoms with van der Waals surface area (Å²) in [5.41, 5.74) is 1.17. The Balaban J connectivity index is 1.39. The highest BCUT2D eigenvalue weighted by Gasteiger charge is 2.23. The van der Waals surface area contributed by atoms with Crippen LogP contribution < -0.4 is 10.2 Å². The van der Waals surface area contributed by atoms with E-state index in [4.69, 9.17) is 0 Å². The summed E-state index contributed by atoms with van der Waals surface area (Å²) in [6, 6.07) is 15.1. The van der Waals surface area contributed by atoms with Crippen LogP contribution in [-0.4, -0.2) is 34.9 Å². The molecule has 1 aromatic heterocycles. The fourth-order valence-corrected chi connectivity index (χ4v) is 3.27. The molecule has 0 saturated carbocycles. The molecule has 0 atom stereocenters. The molecule has 1 aliphatic rings. The van der Waals surface area contributed by atoms with E-state index in [0.717, 1.165) is 5.56 Å². The molecule has 2 amide bonds. The van der Waals surface area contributed by atoms with Gasteiger partial charge in [0.1, 0.15) is 17.5 Å². The maximum Gasteiger partial charge on any atom is 0.258 e. The van der Waals surface area contributed by atoms with Crippen molar-refractivity contribution in [3.8, 4) is 0 Å². The second kappa shape index (κ2) is 9.38. The summed E-state index contributed by atoms with van der Waals surface area (Å²) in [6.45, 7) is 0.823. The van der Waals surface area contributed by atoms with Crippen molar-refractivity contribution < 1.29 is 18.4 Å². The van der Waals surface area contributed by atoms with E-state index >= 15 is 0 Å². The molecular weight excluding hydrogens is 414 g/mol. The normalized spacial score (nSPS) is 13.2. The van der Waals surface area contributed by atoms with E-state index in [2.05, 4.69) is 10.3 Å². The first-order valence-electron chi connectivity index (χ1n) is 9.97. The van der Waals surface area contributed by atoms with Crippen LogP contribution in [0.1, 0.15) is 26.3 Å². The highest BCUT2D eigenvalue weighted by atomic mass is 19.1. The number of benzene rings is 2. The number of aromatic nitrogens is 1. The molecule has 162 valence electrons. The van der Waals surface area contributed by atoms with Crippen LogP contribution in [0.2, 0.25) is 0 Å². The van der Waals surface area contributed by atoms with Crippen molar-refractivity contribution in [2.75, 3.05) is 18.1 Å². The summed E-state index contributed by atoms with van der Waals surface area (Å²) in [6.07, 6.45) is 5.02. The van der Waals surface area contributed by atoms with E-state index in [1.54, 1.807) is 47.5 Å². The zero-order valence-corrected chi connectivity index (χ0v) is 17.0. The number of anilines is 1. The van der Waals surface area contributed by atoms with Gasteiger partial charge in [0.05, 0.1) is 17.8 Å². The molecule has 1 N–H and O–H groups in total. The van der Waals surface area contributed by atoms with Crippen LogP contribution in [0.15, 0.2) is 79.1 Å². The number of carbonyl (C=O) groups is 2. The number of hydrogen-bond donors (Lipinski definition) is 1. The van der Waals surface area contributed by atoms with Crippen LogP contribution in [0.25, 0.3) is 0 Å². The number of amides is 2. The van der Waals surface area contributed by atoms with E-state index in [-0.39, 0.29) is 30.5 Å². The van der Waals surface area contributed by atoms with E-state index in [1.807, 2.05) is 0 Å². The second-order valence-electron chi connectivity index (χ2n) is 7.22. The number of carbonyl (C=O) groups excluding carboxylic acids is 2. The molecule has 3 aromatic rings. The van der Waals surface area contributed by atoms with Gasteiger partial charge in [-0.25, -0.2) is 13.8 Å². The Hall–Kier alpha value is -4.07. The first kappa shape index (κ1) is 21.2. The van der Waals surface area contributed by atoms with Gasteiger partial charge in [0.25, 0.3) is 11.8 Å². The zero-order valence-electron chi connectivity index (χ0n) is 17.0. The molecule has 6 nitrogen and oxygen atoms in total. The molecule has 2 aromatic carbocycles. The largest absolute Gasteiger partial charge is 0.348 e. The molecule has 0 unspecified atom stereocenters. The average Bonchev–Trinajstić information content (AvgIpc) is 2.83. The van der Waals surface area contributed by atoms with Crippen molar-refractivity contribution >= 4 is 17.6 Å². The second-order valence-corrected chi connectivity index (χ2v) is 7.22. The van der Waals surface area contributed by atoms with Crippen molar-refractivity contribution in [2.24, 2.45) is 0 Å². The molecule has 0 aliphatic carbocycles. The van der Waals surface area contributed by atoms with Gasteiger partial charge in [0.2, 0.25) is 0 Å². The molecule has 0 bridgehead atoms. The van der Waals surface area contributed by atoms with E-state index in [1.165, 1.54) is 41.4 Å². The molecule has 32 heavy (non-hydrogen) atoms. The quantitative estimate of drug-likeness (QED) is 0.665. The number of nitrogens with zero attached hydrogens (tertiary/aromatic N) is 3. The van der Waals surface area contributed by atoms with E-state index < -0.39 is 11.7 Å². The summed E-state index contributed by atoms with van der Waals surface area (Å²) < 4.78 is 26.9. The number of halogens is 2. The van der Waals surface area contributed by atoms with Gasteiger partial charge in [-0.2, -0.15) is 0 Å². The Bertz CT molecular complexity index is 1150. The van der Waals surface area contributed by atoms with Crippen LogP contribution in [0.5, 0.6) is 0 Å². The lowest BCUT2D eigenvalue weighted by Gasteiger charge is -2.32. The van der Waals surface area contributed by atoms with Crippen LogP contribution in [0.3, 0.4) is 0 Å². The lowest BCUT2D eigenvalue weighted by atomic mass is 10.2. The third-order valence-electron chi connectivity index (χ3n) is 5.00. The van der Waals surface area contributed by atoms with Gasteiger partial charge in [0.15, 0.2) is 0 Å². The molecule has 1 aliphatic heterocycles. The van der Waals surface area contributed by atoms with Gasteiger partial charge in [-0.3, -0.25) is 9.59 Å². The summed E-state index contributed by atoms with van der Waals surface area (Å²) in [5.74, 6) is -1.07. The number of pyridine rings is 1. The van der Waals surface area contributed by atoms with Gasteiger partial charge < -0.3 is 15.1 Å². The topological polar surface area (TPSA) is 65.5 Å². The molecule has 0 spiro atoms. The highest BCUT2D eigenvalue weighted by Crippen LogP contribution is 2.18. The minimum absolute atomic E-state index is 0.0175. The SMILES string of the molecule is O=C(NCc1ccc(F)cc1)c1ccc(N2C=CCN(C(=O)c3ccccc3F)C2)nc1. The predicted octanol–water partition coefficient (Wildman–Crippen LogP) is 3.72. The average molecular weight is 434 g/mol. The van der Waals surface area contributed by atoms with Gasteiger partial charge >= 0.3 is 0 Å². The highest BCUT2D eigenvalue weighted by molar-refractivity contribution is 5.95. The van der Waals surface area contributed by atoms with Crippen LogP contribution in [-0.2, 0) is 6.54 Å². The Morgan fingerprint density at radius 2 is 1.78 bits per heavy atom. The summed E-state index contributed by atoms with van der Waals surface area (Å²) in [4.78, 5) is 32.6. The molecular formula is C24H20F2N4O2. The zero-order chi connectivity index (χ0) is 22.5. The maximum atomic E-state index is 14.0. The third kappa shape index (κ3) is 4.80. The van der Waals surface area contributed by atoms with Gasteiger partial charge in [-0.15, -0.1) is 0 Å². The molecule has 0 saturated heterocycles. The maximum absolute atomic E-state index is 14.0. The van der Waals surface area contributed by atoms with Gasteiger partial charge in [-0.05, 0) is 48.0 Å². The van der Waals surface area contributed by atoms with Crippen molar-refractivity contribution in [2.45, 2.75) is 6.54 Å². The third-order valence-corrected chi connectivity index (χ3v) is 5.00. The first-order chi connectivity index (χ1) is 15.5.